The van der Waals surface area contributed by atoms with Crippen LogP contribution in [0.25, 0.3) is 0 Å². The number of nitrogens with one attached hydrogen (secondary N) is 2. The van der Waals surface area contributed by atoms with Gasteiger partial charge in [-0.05, 0) is 57.3 Å². The molecular formula is C17H26ClN3O3. The number of piperidine rings is 1. The highest BCUT2D eigenvalue weighted by atomic mass is 35.5. The Morgan fingerprint density at radius 1 is 1.42 bits per heavy atom. The summed E-state index contributed by atoms with van der Waals surface area (Å²) in [5.41, 5.74) is 0.474. The highest BCUT2D eigenvalue weighted by molar-refractivity contribution is 5.95. The summed E-state index contributed by atoms with van der Waals surface area (Å²) in [6.45, 7) is 4.00. The van der Waals surface area contributed by atoms with E-state index >= 15 is 0 Å². The Balaban J connectivity index is 0.00000208. The number of aromatic nitrogens is 1. The number of aryl methyl sites for hydroxylation is 1. The minimum atomic E-state index is -0.334. The van der Waals surface area contributed by atoms with Crippen LogP contribution in [0, 0.1) is 6.92 Å². The van der Waals surface area contributed by atoms with Crippen LogP contribution in [0.3, 0.4) is 0 Å². The minimum absolute atomic E-state index is 0. The number of methoxy groups -OCH3 is 1. The fourth-order valence-electron chi connectivity index (χ4n) is 3.22. The van der Waals surface area contributed by atoms with Crippen LogP contribution < -0.4 is 16.2 Å². The highest BCUT2D eigenvalue weighted by Crippen LogP contribution is 2.33. The molecule has 2 fully saturated rings. The molecule has 134 valence electrons. The van der Waals surface area contributed by atoms with Gasteiger partial charge in [0.15, 0.2) is 0 Å². The zero-order valence-electron chi connectivity index (χ0n) is 14.3. The normalized spacial score (nSPS) is 19.4. The molecule has 0 bridgehead atoms. The molecule has 1 saturated carbocycles. The highest BCUT2D eigenvalue weighted by Gasteiger charge is 2.33. The summed E-state index contributed by atoms with van der Waals surface area (Å²) < 4.78 is 7.35. The Kier molecular flexibility index (Phi) is 6.06. The Morgan fingerprint density at radius 3 is 2.67 bits per heavy atom. The molecule has 1 aromatic rings. The van der Waals surface area contributed by atoms with Crippen LogP contribution in [-0.2, 0) is 4.74 Å². The molecule has 0 unspecified atom stereocenters. The van der Waals surface area contributed by atoms with Gasteiger partial charge in [0.05, 0.1) is 5.60 Å². The van der Waals surface area contributed by atoms with Crippen LogP contribution in [0.4, 0.5) is 0 Å². The summed E-state index contributed by atoms with van der Waals surface area (Å²) in [6.07, 6.45) is 5.54. The Morgan fingerprint density at radius 2 is 2.08 bits per heavy atom. The van der Waals surface area contributed by atoms with E-state index in [0.717, 1.165) is 44.3 Å². The van der Waals surface area contributed by atoms with Gasteiger partial charge in [0.2, 0.25) is 0 Å². The number of rotatable bonds is 5. The first-order valence-corrected chi connectivity index (χ1v) is 8.32. The third-order valence-corrected chi connectivity index (χ3v) is 5.01. The molecule has 0 radical (unpaired) electrons. The molecule has 2 aliphatic rings. The van der Waals surface area contributed by atoms with Gasteiger partial charge in [0.25, 0.3) is 11.5 Å². The quantitative estimate of drug-likeness (QED) is 0.837. The van der Waals surface area contributed by atoms with Crippen molar-refractivity contribution in [2.75, 3.05) is 26.7 Å². The number of hydrogen-bond donors (Lipinski definition) is 2. The first kappa shape index (κ1) is 19.0. The van der Waals surface area contributed by atoms with E-state index in [4.69, 9.17) is 4.74 Å². The minimum Gasteiger partial charge on any atom is -0.376 e. The monoisotopic (exact) mass is 355 g/mol. The van der Waals surface area contributed by atoms with Crippen molar-refractivity contribution in [3.05, 3.63) is 33.7 Å². The summed E-state index contributed by atoms with van der Waals surface area (Å²) in [6, 6.07) is 2.12. The van der Waals surface area contributed by atoms with E-state index in [0.29, 0.717) is 6.54 Å². The van der Waals surface area contributed by atoms with Crippen molar-refractivity contribution in [2.45, 2.75) is 44.2 Å². The second kappa shape index (κ2) is 7.68. The van der Waals surface area contributed by atoms with E-state index in [2.05, 4.69) is 10.6 Å². The van der Waals surface area contributed by atoms with E-state index < -0.39 is 0 Å². The summed E-state index contributed by atoms with van der Waals surface area (Å²) in [5.74, 6) is -0.294. The maximum atomic E-state index is 12.6. The third-order valence-electron chi connectivity index (χ3n) is 5.01. The van der Waals surface area contributed by atoms with Crippen LogP contribution >= 0.6 is 12.4 Å². The number of nitrogens with zero attached hydrogens (tertiary/aromatic N) is 1. The second-order valence-electron chi connectivity index (χ2n) is 6.64. The smallest absolute Gasteiger partial charge is 0.263 e. The van der Waals surface area contributed by atoms with Gasteiger partial charge in [-0.25, -0.2) is 0 Å². The maximum Gasteiger partial charge on any atom is 0.263 e. The van der Waals surface area contributed by atoms with Crippen molar-refractivity contribution in [3.8, 4) is 0 Å². The van der Waals surface area contributed by atoms with Crippen molar-refractivity contribution < 1.29 is 9.53 Å². The second-order valence-corrected chi connectivity index (χ2v) is 6.64. The number of carbonyl (C=O) groups excluding carboxylic acids is 1. The van der Waals surface area contributed by atoms with Gasteiger partial charge < -0.3 is 19.9 Å². The molecule has 1 saturated heterocycles. The molecule has 0 spiro atoms. The molecule has 6 nitrogen and oxygen atoms in total. The van der Waals surface area contributed by atoms with Gasteiger partial charge in [-0.15, -0.1) is 12.4 Å². The predicted molar refractivity (Wildman–Crippen MR) is 95.1 cm³/mol. The van der Waals surface area contributed by atoms with Crippen molar-refractivity contribution in [1.29, 1.82) is 0 Å². The number of pyridine rings is 1. The Labute approximate surface area is 148 Å². The summed E-state index contributed by atoms with van der Waals surface area (Å²) in [5, 5.41) is 6.22. The third kappa shape index (κ3) is 3.82. The largest absolute Gasteiger partial charge is 0.376 e. The average molecular weight is 356 g/mol. The summed E-state index contributed by atoms with van der Waals surface area (Å²) in [7, 11) is 1.69. The fraction of sp³-hybridized carbons (Fsp3) is 0.647. The molecule has 0 atom stereocenters. The first-order chi connectivity index (χ1) is 11.1. The average Bonchev–Trinajstić information content (AvgIpc) is 3.39. The molecule has 1 amide bonds. The number of carbonyl (C=O) groups is 1. The number of hydrogen-bond acceptors (Lipinski definition) is 4. The van der Waals surface area contributed by atoms with Gasteiger partial charge in [-0.1, -0.05) is 0 Å². The molecule has 1 aliphatic heterocycles. The van der Waals surface area contributed by atoms with Crippen molar-refractivity contribution in [1.82, 2.24) is 15.2 Å². The zero-order chi connectivity index (χ0) is 16.4. The SMILES string of the molecule is COC1(CNC(=O)c2c(C)ccn(C3CC3)c2=O)CCNCC1.Cl. The van der Waals surface area contributed by atoms with E-state index in [1.165, 1.54) is 0 Å². The van der Waals surface area contributed by atoms with Crippen molar-refractivity contribution in [2.24, 2.45) is 0 Å². The molecule has 1 aromatic heterocycles. The summed E-state index contributed by atoms with van der Waals surface area (Å²) in [4.78, 5) is 25.2. The lowest BCUT2D eigenvalue weighted by Gasteiger charge is -2.36. The molecule has 2 heterocycles. The van der Waals surface area contributed by atoms with Crippen LogP contribution in [-0.4, -0.2) is 42.8 Å². The summed E-state index contributed by atoms with van der Waals surface area (Å²) >= 11 is 0. The first-order valence-electron chi connectivity index (χ1n) is 8.32. The maximum absolute atomic E-state index is 12.6. The van der Waals surface area contributed by atoms with E-state index in [1.807, 2.05) is 13.0 Å². The van der Waals surface area contributed by atoms with E-state index in [9.17, 15) is 9.59 Å². The van der Waals surface area contributed by atoms with Crippen molar-refractivity contribution in [3.63, 3.8) is 0 Å². The lowest BCUT2D eigenvalue weighted by atomic mass is 9.92. The molecule has 2 N–H and O–H groups in total. The molecule has 0 aromatic carbocycles. The standard InChI is InChI=1S/C17H25N3O3.ClH/c1-12-5-10-20(13-3-4-13)16(22)14(12)15(21)19-11-17(23-2)6-8-18-9-7-17;/h5,10,13,18H,3-4,6-9,11H2,1-2H3,(H,19,21);1H. The Bertz CT molecular complexity index is 649. The van der Waals surface area contributed by atoms with Crippen LogP contribution in [0.2, 0.25) is 0 Å². The van der Waals surface area contributed by atoms with Crippen molar-refractivity contribution >= 4 is 18.3 Å². The Hall–Kier alpha value is -1.37. The van der Waals surface area contributed by atoms with Crippen LogP contribution in [0.5, 0.6) is 0 Å². The van der Waals surface area contributed by atoms with Crippen LogP contribution in [0.15, 0.2) is 17.1 Å². The molecular weight excluding hydrogens is 330 g/mol. The molecule has 24 heavy (non-hydrogen) atoms. The van der Waals surface area contributed by atoms with E-state index in [-0.39, 0.29) is 41.1 Å². The molecule has 3 rings (SSSR count). The van der Waals surface area contributed by atoms with Gasteiger partial charge in [-0.3, -0.25) is 9.59 Å². The lowest BCUT2D eigenvalue weighted by Crippen LogP contribution is -2.51. The topological polar surface area (TPSA) is 72.4 Å². The molecule has 7 heteroatoms. The lowest BCUT2D eigenvalue weighted by molar-refractivity contribution is -0.0313. The molecule has 1 aliphatic carbocycles. The fourth-order valence-corrected chi connectivity index (χ4v) is 3.22. The number of halogens is 1. The zero-order valence-corrected chi connectivity index (χ0v) is 15.1. The van der Waals surface area contributed by atoms with Gasteiger partial charge in [0, 0.05) is 25.9 Å². The van der Waals surface area contributed by atoms with E-state index in [1.54, 1.807) is 17.9 Å². The van der Waals surface area contributed by atoms with Gasteiger partial charge >= 0.3 is 0 Å². The number of ether oxygens (including phenoxy) is 1. The predicted octanol–water partition coefficient (Wildman–Crippen LogP) is 1.41. The number of amides is 1. The van der Waals surface area contributed by atoms with Gasteiger partial charge in [-0.2, -0.15) is 0 Å². The van der Waals surface area contributed by atoms with Crippen LogP contribution in [0.1, 0.15) is 47.6 Å². The van der Waals surface area contributed by atoms with Gasteiger partial charge in [0.1, 0.15) is 5.56 Å².